The van der Waals surface area contributed by atoms with Crippen LogP contribution >= 0.6 is 0 Å². The van der Waals surface area contributed by atoms with E-state index in [1.54, 1.807) is 35.2 Å². The number of hydrogen-bond donors (Lipinski definition) is 0. The number of hydrogen-bond acceptors (Lipinski definition) is 6. The molecule has 2 aliphatic rings. The summed E-state index contributed by atoms with van der Waals surface area (Å²) in [4.78, 5) is 14.3. The summed E-state index contributed by atoms with van der Waals surface area (Å²) in [5.74, 6) is 2.01. The van der Waals surface area contributed by atoms with E-state index in [9.17, 15) is 13.2 Å². The van der Waals surface area contributed by atoms with E-state index < -0.39 is 10.1 Å². The molecule has 0 N–H and O–H groups in total. The van der Waals surface area contributed by atoms with Gasteiger partial charge in [0.1, 0.15) is 24.7 Å². The van der Waals surface area contributed by atoms with Crippen molar-refractivity contribution in [3.8, 4) is 11.5 Å². The minimum absolute atomic E-state index is 0.0581. The third kappa shape index (κ3) is 5.20. The molecule has 1 saturated carbocycles. The van der Waals surface area contributed by atoms with E-state index in [1.807, 2.05) is 12.1 Å². The van der Waals surface area contributed by atoms with Crippen LogP contribution in [0.2, 0.25) is 0 Å². The smallest absolute Gasteiger partial charge is 0.294 e. The Bertz CT molecular complexity index is 1040. The fourth-order valence-corrected chi connectivity index (χ4v) is 3.58. The van der Waals surface area contributed by atoms with Crippen LogP contribution in [0.3, 0.4) is 0 Å². The molecule has 1 aliphatic carbocycles. The molecule has 1 amide bonds. The lowest BCUT2D eigenvalue weighted by Crippen LogP contribution is -2.27. The fraction of sp³-hybridized carbons (Fsp3) is 0.318. The molecule has 2 aromatic rings. The fourth-order valence-electron chi connectivity index (χ4n) is 3.20. The molecule has 4 rings (SSSR count). The molecule has 30 heavy (non-hydrogen) atoms. The molecule has 0 bridgehead atoms. The van der Waals surface area contributed by atoms with Crippen LogP contribution in [-0.2, 0) is 19.1 Å². The van der Waals surface area contributed by atoms with Crippen molar-refractivity contribution in [1.82, 2.24) is 0 Å². The van der Waals surface area contributed by atoms with Crippen LogP contribution in [0.1, 0.15) is 24.3 Å². The van der Waals surface area contributed by atoms with Crippen molar-refractivity contribution in [3.05, 3.63) is 65.9 Å². The van der Waals surface area contributed by atoms with Gasteiger partial charge >= 0.3 is 0 Å². The lowest BCUT2D eigenvalue weighted by atomic mass is 10.1. The minimum Gasteiger partial charge on any atom is -0.491 e. The molecule has 0 saturated heterocycles. The maximum Gasteiger partial charge on any atom is 0.294 e. The van der Waals surface area contributed by atoms with Gasteiger partial charge in [-0.1, -0.05) is 12.1 Å². The highest BCUT2D eigenvalue weighted by Crippen LogP contribution is 2.40. The van der Waals surface area contributed by atoms with Crippen molar-refractivity contribution < 1.29 is 26.9 Å². The average molecular weight is 429 g/mol. The summed E-state index contributed by atoms with van der Waals surface area (Å²) in [7, 11) is -3.48. The first-order valence-electron chi connectivity index (χ1n) is 9.76. The number of ether oxygens (including phenoxy) is 2. The minimum atomic E-state index is -3.48. The zero-order chi connectivity index (χ0) is 21.1. The maximum absolute atomic E-state index is 12.7. The molecule has 0 radical (unpaired) electrons. The largest absolute Gasteiger partial charge is 0.491 e. The first-order chi connectivity index (χ1) is 14.4. The highest BCUT2D eigenvalue weighted by atomic mass is 32.2. The average Bonchev–Trinajstić information content (AvgIpc) is 3.51. The van der Waals surface area contributed by atoms with E-state index in [4.69, 9.17) is 9.47 Å². The molecule has 0 spiro atoms. The van der Waals surface area contributed by atoms with Crippen molar-refractivity contribution in [1.29, 1.82) is 0 Å². The van der Waals surface area contributed by atoms with Crippen LogP contribution in [0.15, 0.2) is 60.4 Å². The summed E-state index contributed by atoms with van der Waals surface area (Å²) in [6, 6.07) is 14.9. The van der Waals surface area contributed by atoms with Gasteiger partial charge in [0.15, 0.2) is 5.76 Å². The molecule has 1 aliphatic heterocycles. The van der Waals surface area contributed by atoms with Gasteiger partial charge in [0.05, 0.1) is 6.26 Å². The zero-order valence-corrected chi connectivity index (χ0v) is 17.4. The predicted molar refractivity (Wildman–Crippen MR) is 112 cm³/mol. The predicted octanol–water partition coefficient (Wildman–Crippen LogP) is 3.23. The van der Waals surface area contributed by atoms with E-state index in [1.165, 1.54) is 18.4 Å². The van der Waals surface area contributed by atoms with E-state index in [2.05, 4.69) is 16.3 Å². The van der Waals surface area contributed by atoms with Crippen LogP contribution in [0.5, 0.6) is 11.5 Å². The van der Waals surface area contributed by atoms with Crippen molar-refractivity contribution in [2.75, 3.05) is 30.9 Å². The highest BCUT2D eigenvalue weighted by Gasteiger charge is 2.27. The van der Waals surface area contributed by atoms with Crippen LogP contribution in [0, 0.1) is 0 Å². The summed E-state index contributed by atoms with van der Waals surface area (Å²) in [6.45, 7) is 0.475. The maximum atomic E-state index is 12.7. The van der Waals surface area contributed by atoms with Crippen molar-refractivity contribution in [2.24, 2.45) is 0 Å². The van der Waals surface area contributed by atoms with E-state index in [-0.39, 0.29) is 19.1 Å². The Hall–Kier alpha value is -2.84. The highest BCUT2D eigenvalue weighted by molar-refractivity contribution is 7.85. The van der Waals surface area contributed by atoms with Gasteiger partial charge in [0.25, 0.3) is 16.0 Å². The summed E-state index contributed by atoms with van der Waals surface area (Å²) in [5.41, 5.74) is 2.04. The molecule has 0 aromatic heterocycles. The second-order valence-electron chi connectivity index (χ2n) is 7.30. The van der Waals surface area contributed by atoms with Crippen LogP contribution < -0.4 is 14.4 Å². The van der Waals surface area contributed by atoms with Crippen molar-refractivity contribution in [3.63, 3.8) is 0 Å². The van der Waals surface area contributed by atoms with Crippen LogP contribution in [0.25, 0.3) is 0 Å². The molecule has 0 unspecified atom stereocenters. The molecule has 0 atom stereocenters. The monoisotopic (exact) mass is 429 g/mol. The standard InChI is InChI=1S/C22H23NO6S/c1-30(25,26)28-15-14-27-19-10-6-18(7-11-19)23-13-12-21(22(23)24)29-20-8-4-17(5-9-20)16-2-3-16/h4-12,16H,2-3,13-15H2,1H3. The number of nitrogens with zero attached hydrogens (tertiary/aromatic N) is 1. The Morgan fingerprint density at radius 1 is 0.967 bits per heavy atom. The van der Waals surface area contributed by atoms with Gasteiger partial charge in [-0.2, -0.15) is 8.42 Å². The number of benzene rings is 2. The summed E-state index contributed by atoms with van der Waals surface area (Å²) in [5, 5.41) is 0. The Morgan fingerprint density at radius 3 is 2.27 bits per heavy atom. The number of carbonyl (C=O) groups excluding carboxylic acids is 1. The van der Waals surface area contributed by atoms with Gasteiger partial charge in [-0.25, -0.2) is 0 Å². The summed E-state index contributed by atoms with van der Waals surface area (Å²) < 4.78 is 37.7. The topological polar surface area (TPSA) is 82.1 Å². The van der Waals surface area contributed by atoms with Crippen LogP contribution in [-0.4, -0.2) is 40.3 Å². The molecular weight excluding hydrogens is 406 g/mol. The zero-order valence-electron chi connectivity index (χ0n) is 16.6. The number of carbonyl (C=O) groups is 1. The Morgan fingerprint density at radius 2 is 1.63 bits per heavy atom. The Kier molecular flexibility index (Phi) is 5.78. The Labute approximate surface area is 176 Å². The van der Waals surface area contributed by atoms with Gasteiger partial charge in [0.2, 0.25) is 0 Å². The molecule has 1 fully saturated rings. The first-order valence-corrected chi connectivity index (χ1v) is 11.6. The Balaban J connectivity index is 1.30. The van der Waals surface area contributed by atoms with Crippen molar-refractivity contribution in [2.45, 2.75) is 18.8 Å². The third-order valence-electron chi connectivity index (χ3n) is 4.87. The van der Waals surface area contributed by atoms with Gasteiger partial charge in [0, 0.05) is 12.2 Å². The molecule has 158 valence electrons. The van der Waals surface area contributed by atoms with Gasteiger partial charge in [-0.05, 0) is 66.8 Å². The number of anilines is 1. The van der Waals surface area contributed by atoms with E-state index in [0.717, 1.165) is 11.9 Å². The second-order valence-corrected chi connectivity index (χ2v) is 8.94. The molecule has 1 heterocycles. The molecular formula is C22H23NO6S. The molecule has 8 heteroatoms. The lowest BCUT2D eigenvalue weighted by molar-refractivity contribution is -0.116. The third-order valence-corrected chi connectivity index (χ3v) is 5.46. The first kappa shape index (κ1) is 20.4. The van der Waals surface area contributed by atoms with Gasteiger partial charge < -0.3 is 14.4 Å². The van der Waals surface area contributed by atoms with Gasteiger partial charge in [-0.3, -0.25) is 8.98 Å². The second kappa shape index (κ2) is 8.49. The normalized spacial score (nSPS) is 16.5. The molecule has 2 aromatic carbocycles. The number of amides is 1. The van der Waals surface area contributed by atoms with Crippen molar-refractivity contribution >= 4 is 21.7 Å². The van der Waals surface area contributed by atoms with E-state index in [0.29, 0.717) is 29.7 Å². The summed E-state index contributed by atoms with van der Waals surface area (Å²) >= 11 is 0. The quantitative estimate of drug-likeness (QED) is 0.450. The summed E-state index contributed by atoms with van der Waals surface area (Å²) in [6.07, 6.45) is 5.25. The van der Waals surface area contributed by atoms with Crippen LogP contribution in [0.4, 0.5) is 5.69 Å². The number of rotatable bonds is 9. The molecule has 7 nitrogen and oxygen atoms in total. The SMILES string of the molecule is CS(=O)(=O)OCCOc1ccc(N2CC=C(Oc3ccc(C4CC4)cc3)C2=O)cc1. The lowest BCUT2D eigenvalue weighted by Gasteiger charge is -2.17. The van der Waals surface area contributed by atoms with E-state index >= 15 is 0 Å². The van der Waals surface area contributed by atoms with Gasteiger partial charge in [-0.15, -0.1) is 0 Å².